The number of nitrogens with one attached hydrogen (secondary N) is 9. The second-order valence-electron chi connectivity index (χ2n) is 23.8. The number of phenols is 2. The monoisotopic (exact) mass is 1390 g/mol. The number of β-amino-alcohol motifs (C(OH)–C–C–N with tert-alkyl or cyclic N) is 1. The Kier molecular flexibility index (Phi) is 30.8. The number of carbonyl (C=O) groups is 13. The summed E-state index contributed by atoms with van der Waals surface area (Å²) in [5.74, 6) is -14.3. The van der Waals surface area contributed by atoms with E-state index in [0.29, 0.717) is 11.1 Å². The van der Waals surface area contributed by atoms with Gasteiger partial charge in [0.05, 0.1) is 24.9 Å². The van der Waals surface area contributed by atoms with Gasteiger partial charge < -0.3 is 99.8 Å². The number of carboxylic acid groups (broad SMARTS) is 1. The molecule has 3 aromatic carbocycles. The molecule has 34 heteroatoms. The molecule has 2 aliphatic rings. The normalized spacial score (nSPS) is 18.5. The van der Waals surface area contributed by atoms with E-state index in [0.717, 1.165) is 10.5 Å². The molecule has 12 amide bonds. The van der Waals surface area contributed by atoms with Crippen molar-refractivity contribution in [2.24, 2.45) is 17.4 Å². The summed E-state index contributed by atoms with van der Waals surface area (Å²) in [7, 11) is 0. The summed E-state index contributed by atoms with van der Waals surface area (Å²) in [6.45, 7) is 2.16. The predicted octanol–water partition coefficient (Wildman–Crippen LogP) is -4.97. The molecule has 0 saturated carbocycles. The van der Waals surface area contributed by atoms with Gasteiger partial charge in [-0.3, -0.25) is 62.3 Å². The van der Waals surface area contributed by atoms with E-state index in [1.807, 2.05) is 0 Å². The van der Waals surface area contributed by atoms with Crippen LogP contribution in [0.25, 0.3) is 0 Å². The van der Waals surface area contributed by atoms with Crippen molar-refractivity contribution in [1.82, 2.24) is 57.7 Å². The van der Waals surface area contributed by atoms with Crippen molar-refractivity contribution in [2.45, 2.75) is 157 Å². The summed E-state index contributed by atoms with van der Waals surface area (Å²) in [6, 6.07) is 3.38. The lowest BCUT2D eigenvalue weighted by Crippen LogP contribution is -2.63. The number of hydrogen-bond donors (Lipinski definition) is 19. The Bertz CT molecular complexity index is 3260. The highest BCUT2D eigenvalue weighted by molar-refractivity contribution is 7.80. The molecule has 0 spiro atoms. The molecular formula is C63H87N13O19S2. The lowest BCUT2D eigenvalue weighted by molar-refractivity contribution is -0.149. The molecule has 5 rings (SSSR count). The molecule has 19 N–H and O–H groups in total. The molecule has 97 heavy (non-hydrogen) atoms. The second-order valence-corrected chi connectivity index (χ2v) is 24.5. The van der Waals surface area contributed by atoms with Crippen LogP contribution in [0.1, 0.15) is 76.0 Å². The largest absolute Gasteiger partial charge is 0.508 e. The third kappa shape index (κ3) is 23.6. The standard InChI is InChI=1S/C63H87N13O19S2/c1-4-32(2)51(73-57(89)44(29-77)70-56(88)43(25-36-14-18-38(80)19-15-36)69-61(93)52(33(3)78)74-59(91)46(31-97)71-53(85)40(64)23-34-9-6-5-7-10-34)63(95)75-22-8-11-47(75)62(94)76-28-39(81)26-48(76)60(92)67-41(20-21-49(65)82)55(87)72-45(30-96)58(90)68-42(54(86)66-27-50(83)84)24-35-12-16-37(79)17-13-35/h5-7,9-10,12-19,32-33,39-48,51-52,77-81,96-97H,4,8,11,20-31,64H2,1-3H3,(H2,65,82)(H,66,86)(H,67,92)(H,68,90)(H,69,93)(H,70,88)(H,71,85)(H,72,87)(H,73,89)(H,74,91)(H,83,84)/t32-,33+,39+,40-,41-,42-,43-,44-,45-,46-,47-,48-,51-,52-/m0/s1. The predicted molar refractivity (Wildman–Crippen MR) is 353 cm³/mol. The second kappa shape index (κ2) is 38.0. The number of carbonyl (C=O) groups excluding carboxylic acids is 12. The molecule has 3 aromatic rings. The average Bonchev–Trinajstić information content (AvgIpc) is 1.67. The van der Waals surface area contributed by atoms with Gasteiger partial charge in [-0.15, -0.1) is 0 Å². The first-order chi connectivity index (χ1) is 46.0. The van der Waals surface area contributed by atoms with E-state index in [9.17, 15) is 87.9 Å². The number of aliphatic hydroxyl groups excluding tert-OH is 3. The van der Waals surface area contributed by atoms with Crippen LogP contribution < -0.4 is 59.3 Å². The van der Waals surface area contributed by atoms with Gasteiger partial charge in [-0.2, -0.15) is 25.3 Å². The maximum absolute atomic E-state index is 14.8. The Labute approximate surface area is 569 Å². The molecule has 2 aliphatic heterocycles. The number of phenolic OH excluding ortho intramolecular Hbond substituents is 2. The van der Waals surface area contributed by atoms with Crippen molar-refractivity contribution in [1.29, 1.82) is 0 Å². The summed E-state index contributed by atoms with van der Waals surface area (Å²) in [4.78, 5) is 179. The molecule has 14 atom stereocenters. The molecular weight excluding hydrogens is 1310 g/mol. The van der Waals surface area contributed by atoms with Crippen molar-refractivity contribution >= 4 is 102 Å². The Morgan fingerprint density at radius 1 is 0.588 bits per heavy atom. The SMILES string of the molecule is CC[C@H](C)[C@H](NC(=O)[C@H](CO)NC(=O)[C@H](Cc1ccc(O)cc1)NC(=O)[C@@H](NC(=O)[C@H](CS)NC(=O)[C@@H](N)Cc1ccccc1)[C@@H](C)O)C(=O)N1CCC[C@H]1C(=O)N1C[C@H](O)C[C@H]1C(=O)N[C@@H](CCC(N)=O)C(=O)N[C@@H](CS)C(=O)N[C@@H](Cc1ccc(O)cc1)C(=O)NCC(=O)O. The van der Waals surface area contributed by atoms with Gasteiger partial charge in [0.15, 0.2) is 0 Å². The highest BCUT2D eigenvalue weighted by Gasteiger charge is 2.47. The van der Waals surface area contributed by atoms with Gasteiger partial charge in [0.2, 0.25) is 70.9 Å². The first-order valence-corrected chi connectivity index (χ1v) is 32.6. The number of thiol groups is 2. The average molecular weight is 1390 g/mol. The Hall–Kier alpha value is -9.09. The summed E-state index contributed by atoms with van der Waals surface area (Å²) in [5, 5.41) is 83.2. The zero-order chi connectivity index (χ0) is 71.8. The number of carboxylic acids is 1. The van der Waals surface area contributed by atoms with Crippen LogP contribution in [0.15, 0.2) is 78.9 Å². The van der Waals surface area contributed by atoms with Gasteiger partial charge >= 0.3 is 5.97 Å². The fraction of sp³-hybridized carbons (Fsp3) is 0.508. The van der Waals surface area contributed by atoms with Crippen molar-refractivity contribution in [3.8, 4) is 11.5 Å². The Morgan fingerprint density at radius 2 is 1.07 bits per heavy atom. The van der Waals surface area contributed by atoms with E-state index in [1.54, 1.807) is 44.2 Å². The number of likely N-dealkylation sites (tertiary alicyclic amines) is 2. The van der Waals surface area contributed by atoms with Gasteiger partial charge in [-0.05, 0) is 79.5 Å². The van der Waals surface area contributed by atoms with Gasteiger partial charge in [0.25, 0.3) is 0 Å². The summed E-state index contributed by atoms with van der Waals surface area (Å²) in [5.41, 5.74) is 13.1. The third-order valence-corrected chi connectivity index (χ3v) is 17.1. The van der Waals surface area contributed by atoms with Crippen LogP contribution in [-0.2, 0) is 81.6 Å². The Morgan fingerprint density at radius 3 is 1.61 bits per heavy atom. The van der Waals surface area contributed by atoms with Crippen LogP contribution in [0, 0.1) is 5.92 Å². The van der Waals surface area contributed by atoms with E-state index >= 15 is 0 Å². The number of aliphatic hydroxyl groups is 3. The first-order valence-electron chi connectivity index (χ1n) is 31.3. The highest BCUT2D eigenvalue weighted by atomic mass is 32.1. The van der Waals surface area contributed by atoms with E-state index < -0.39 is 200 Å². The van der Waals surface area contributed by atoms with E-state index in [1.165, 1.54) is 60.4 Å². The fourth-order valence-electron chi connectivity index (χ4n) is 10.7. The van der Waals surface area contributed by atoms with Crippen LogP contribution >= 0.6 is 25.3 Å². The lowest BCUT2D eigenvalue weighted by atomic mass is 9.96. The molecule has 0 aromatic heterocycles. The molecule has 2 saturated heterocycles. The van der Waals surface area contributed by atoms with Crippen LogP contribution in [-0.4, -0.2) is 234 Å². The number of nitrogens with zero attached hydrogens (tertiary/aromatic N) is 2. The molecule has 0 unspecified atom stereocenters. The Balaban J connectivity index is 1.29. The van der Waals surface area contributed by atoms with Gasteiger partial charge in [-0.25, -0.2) is 0 Å². The molecule has 0 radical (unpaired) electrons. The zero-order valence-electron chi connectivity index (χ0n) is 53.6. The van der Waals surface area contributed by atoms with Gasteiger partial charge in [0, 0.05) is 50.3 Å². The van der Waals surface area contributed by atoms with E-state index in [2.05, 4.69) is 73.1 Å². The number of amides is 12. The van der Waals surface area contributed by atoms with Gasteiger partial charge in [0.1, 0.15) is 78.5 Å². The summed E-state index contributed by atoms with van der Waals surface area (Å²) >= 11 is 8.38. The fourth-order valence-corrected chi connectivity index (χ4v) is 11.2. The van der Waals surface area contributed by atoms with Crippen molar-refractivity contribution in [3.05, 3.63) is 95.6 Å². The van der Waals surface area contributed by atoms with Crippen molar-refractivity contribution in [3.63, 3.8) is 0 Å². The first kappa shape index (κ1) is 78.6. The molecule has 32 nitrogen and oxygen atoms in total. The minimum atomic E-state index is -1.82. The molecule has 2 heterocycles. The number of rotatable bonds is 36. The lowest BCUT2D eigenvalue weighted by Gasteiger charge is -2.35. The van der Waals surface area contributed by atoms with Crippen molar-refractivity contribution in [2.75, 3.05) is 37.7 Å². The van der Waals surface area contributed by atoms with Gasteiger partial charge in [-0.1, -0.05) is 74.9 Å². The third-order valence-electron chi connectivity index (χ3n) is 16.4. The number of nitrogens with two attached hydrogens (primary N) is 2. The number of aromatic hydroxyl groups is 2. The highest BCUT2D eigenvalue weighted by Crippen LogP contribution is 2.28. The molecule has 530 valence electrons. The number of hydrogen-bond acceptors (Lipinski definition) is 21. The smallest absolute Gasteiger partial charge is 0.322 e. The molecule has 2 fully saturated rings. The topological polar surface area (TPSA) is 510 Å². The van der Waals surface area contributed by atoms with E-state index in [4.69, 9.17) is 16.6 Å². The minimum Gasteiger partial charge on any atom is -0.508 e. The number of aliphatic carboxylic acids is 1. The molecule has 0 bridgehead atoms. The van der Waals surface area contributed by atoms with Crippen LogP contribution in [0.2, 0.25) is 0 Å². The van der Waals surface area contributed by atoms with Crippen LogP contribution in [0.5, 0.6) is 11.5 Å². The summed E-state index contributed by atoms with van der Waals surface area (Å²) < 4.78 is 0. The van der Waals surface area contributed by atoms with Crippen LogP contribution in [0.4, 0.5) is 0 Å². The number of primary amides is 1. The molecule has 0 aliphatic carbocycles. The van der Waals surface area contributed by atoms with Crippen LogP contribution in [0.3, 0.4) is 0 Å². The van der Waals surface area contributed by atoms with Crippen molar-refractivity contribution < 1.29 is 93.0 Å². The quantitative estimate of drug-likeness (QED) is 0.0243. The zero-order valence-corrected chi connectivity index (χ0v) is 55.4. The van der Waals surface area contributed by atoms with E-state index in [-0.39, 0.29) is 68.7 Å². The maximum atomic E-state index is 14.8. The number of benzene rings is 3. The summed E-state index contributed by atoms with van der Waals surface area (Å²) in [6.07, 6.45) is -4.08. The maximum Gasteiger partial charge on any atom is 0.322 e. The minimum absolute atomic E-state index is 0.0370.